The van der Waals surface area contributed by atoms with Gasteiger partial charge in [-0.1, -0.05) is 36.4 Å². The van der Waals surface area contributed by atoms with Crippen molar-refractivity contribution in [2.45, 2.75) is 0 Å². The number of nitrogens with zero attached hydrogens (tertiary/aromatic N) is 1. The zero-order chi connectivity index (χ0) is 23.7. The van der Waals surface area contributed by atoms with Crippen LogP contribution in [0.1, 0.15) is 37.7 Å². The number of para-hydroxylation sites is 2. The predicted octanol–water partition coefficient (Wildman–Crippen LogP) is 3.80. The molecule has 8 nitrogen and oxygen atoms in total. The van der Waals surface area contributed by atoms with Crippen LogP contribution in [0.4, 0.5) is 5.69 Å². The van der Waals surface area contributed by atoms with Crippen LogP contribution in [0.25, 0.3) is 17.2 Å². The number of benzene rings is 3. The number of fused-ring (bicyclic) bond motifs is 3. The number of aromatic nitrogens is 1. The van der Waals surface area contributed by atoms with Gasteiger partial charge in [0.05, 0.1) is 0 Å². The average Bonchev–Trinajstić information content (AvgIpc) is 3.28. The molecule has 0 fully saturated rings. The first-order chi connectivity index (χ1) is 16.5. The molecule has 1 aliphatic rings. The summed E-state index contributed by atoms with van der Waals surface area (Å²) in [6.45, 7) is -0.538. The van der Waals surface area contributed by atoms with Crippen LogP contribution in [0.2, 0.25) is 0 Å². The van der Waals surface area contributed by atoms with E-state index >= 15 is 0 Å². The maximum atomic E-state index is 12.8. The SMILES string of the molecule is O=C(COC(=O)/C=C/c1nc2ccccc2o1)Nc1ccc2c(c1)C(=O)c1ccccc1C2=O. The zero-order valence-corrected chi connectivity index (χ0v) is 17.6. The summed E-state index contributed by atoms with van der Waals surface area (Å²) in [6.07, 6.45) is 2.46. The minimum atomic E-state index is -0.750. The van der Waals surface area contributed by atoms with E-state index in [2.05, 4.69) is 10.3 Å². The van der Waals surface area contributed by atoms with Crippen LogP contribution in [0.5, 0.6) is 0 Å². The number of hydrogen-bond acceptors (Lipinski definition) is 7. The first-order valence-electron chi connectivity index (χ1n) is 10.3. The highest BCUT2D eigenvalue weighted by molar-refractivity contribution is 6.28. The first-order valence-corrected chi connectivity index (χ1v) is 10.3. The molecule has 0 saturated carbocycles. The van der Waals surface area contributed by atoms with E-state index in [-0.39, 0.29) is 28.6 Å². The number of ether oxygens (including phenoxy) is 1. The average molecular weight is 452 g/mol. The monoisotopic (exact) mass is 452 g/mol. The highest BCUT2D eigenvalue weighted by atomic mass is 16.5. The second-order valence-corrected chi connectivity index (χ2v) is 7.47. The van der Waals surface area contributed by atoms with Gasteiger partial charge in [-0.25, -0.2) is 9.78 Å². The van der Waals surface area contributed by atoms with E-state index < -0.39 is 18.5 Å². The first kappa shape index (κ1) is 21.0. The Kier molecular flexibility index (Phi) is 5.31. The summed E-state index contributed by atoms with van der Waals surface area (Å²) in [5.74, 6) is -1.66. The number of rotatable bonds is 5. The topological polar surface area (TPSA) is 116 Å². The fourth-order valence-electron chi connectivity index (χ4n) is 3.66. The Balaban J connectivity index is 1.21. The van der Waals surface area contributed by atoms with Gasteiger partial charge in [0.15, 0.2) is 23.8 Å². The van der Waals surface area contributed by atoms with Crippen LogP contribution in [0.3, 0.4) is 0 Å². The number of carbonyl (C=O) groups excluding carboxylic acids is 4. The van der Waals surface area contributed by atoms with Gasteiger partial charge < -0.3 is 14.5 Å². The molecule has 3 aromatic carbocycles. The molecule has 0 aliphatic heterocycles. The summed E-state index contributed by atoms with van der Waals surface area (Å²) in [6, 6.07) is 18.2. The highest BCUT2D eigenvalue weighted by Gasteiger charge is 2.29. The van der Waals surface area contributed by atoms with E-state index in [0.717, 1.165) is 6.08 Å². The minimum absolute atomic E-state index is 0.208. The van der Waals surface area contributed by atoms with Crippen LogP contribution in [-0.4, -0.2) is 35.0 Å². The van der Waals surface area contributed by atoms with Gasteiger partial charge in [0.1, 0.15) is 5.52 Å². The lowest BCUT2D eigenvalue weighted by Gasteiger charge is -2.18. The van der Waals surface area contributed by atoms with Gasteiger partial charge >= 0.3 is 5.97 Å². The van der Waals surface area contributed by atoms with Gasteiger partial charge in [0.25, 0.3) is 5.91 Å². The van der Waals surface area contributed by atoms with Gasteiger partial charge in [0.2, 0.25) is 5.89 Å². The Morgan fingerprint density at radius 2 is 1.56 bits per heavy atom. The lowest BCUT2D eigenvalue weighted by molar-refractivity contribution is -0.142. The standard InChI is InChI=1S/C26H16N2O6/c29-22(14-33-24(30)12-11-23-28-20-7-3-4-8-21(20)34-23)27-15-9-10-18-19(13-15)26(32)17-6-2-1-5-16(17)25(18)31/h1-13H,14H2,(H,27,29)/b12-11+. The van der Waals surface area contributed by atoms with E-state index in [1.807, 2.05) is 12.1 Å². The highest BCUT2D eigenvalue weighted by Crippen LogP contribution is 2.29. The molecule has 0 bridgehead atoms. The maximum absolute atomic E-state index is 12.8. The molecule has 8 heteroatoms. The van der Waals surface area contributed by atoms with Crippen LogP contribution >= 0.6 is 0 Å². The fourth-order valence-corrected chi connectivity index (χ4v) is 3.66. The molecule has 0 spiro atoms. The van der Waals surface area contributed by atoms with Crippen molar-refractivity contribution in [1.82, 2.24) is 4.98 Å². The van der Waals surface area contributed by atoms with Gasteiger partial charge in [-0.05, 0) is 30.3 Å². The number of nitrogens with one attached hydrogen (secondary N) is 1. The molecule has 1 aliphatic carbocycles. The van der Waals surface area contributed by atoms with Crippen LogP contribution in [0.15, 0.2) is 77.2 Å². The number of esters is 1. The van der Waals surface area contributed by atoms with Crippen molar-refractivity contribution in [3.63, 3.8) is 0 Å². The third kappa shape index (κ3) is 4.00. The van der Waals surface area contributed by atoms with E-state index in [9.17, 15) is 19.2 Å². The Morgan fingerprint density at radius 1 is 0.882 bits per heavy atom. The normalized spacial score (nSPS) is 12.5. The fraction of sp³-hybridized carbons (Fsp3) is 0.0385. The van der Waals surface area contributed by atoms with Crippen molar-refractivity contribution in [2.24, 2.45) is 0 Å². The summed E-state index contributed by atoms with van der Waals surface area (Å²) < 4.78 is 10.4. The van der Waals surface area contributed by atoms with E-state index in [1.165, 1.54) is 24.3 Å². The molecule has 1 N–H and O–H groups in total. The van der Waals surface area contributed by atoms with Crippen molar-refractivity contribution in [1.29, 1.82) is 0 Å². The molecule has 0 saturated heterocycles. The van der Waals surface area contributed by atoms with Crippen molar-refractivity contribution >= 4 is 46.3 Å². The lowest BCUT2D eigenvalue weighted by Crippen LogP contribution is -2.23. The largest absolute Gasteiger partial charge is 0.452 e. The minimum Gasteiger partial charge on any atom is -0.452 e. The summed E-state index contributed by atoms with van der Waals surface area (Å²) in [5, 5.41) is 2.56. The van der Waals surface area contributed by atoms with Gasteiger partial charge in [-0.2, -0.15) is 0 Å². The summed E-state index contributed by atoms with van der Waals surface area (Å²) in [4.78, 5) is 53.8. The molecule has 0 radical (unpaired) electrons. The third-order valence-electron chi connectivity index (χ3n) is 5.23. The van der Waals surface area contributed by atoms with Crippen LogP contribution < -0.4 is 5.32 Å². The zero-order valence-electron chi connectivity index (χ0n) is 17.6. The maximum Gasteiger partial charge on any atom is 0.331 e. The molecular weight excluding hydrogens is 436 g/mol. The lowest BCUT2D eigenvalue weighted by atomic mass is 9.84. The summed E-state index contributed by atoms with van der Waals surface area (Å²) >= 11 is 0. The van der Waals surface area contributed by atoms with Gasteiger partial charge in [0, 0.05) is 40.1 Å². The van der Waals surface area contributed by atoms with Gasteiger partial charge in [-0.15, -0.1) is 0 Å². The number of hydrogen-bond donors (Lipinski definition) is 1. The molecule has 1 heterocycles. The molecule has 1 aromatic heterocycles. The molecule has 34 heavy (non-hydrogen) atoms. The van der Waals surface area contributed by atoms with Gasteiger partial charge in [-0.3, -0.25) is 14.4 Å². The second-order valence-electron chi connectivity index (χ2n) is 7.47. The van der Waals surface area contributed by atoms with Crippen LogP contribution in [0, 0.1) is 0 Å². The van der Waals surface area contributed by atoms with E-state index in [0.29, 0.717) is 27.9 Å². The third-order valence-corrected chi connectivity index (χ3v) is 5.23. The molecule has 1 amide bonds. The number of amides is 1. The quantitative estimate of drug-likeness (QED) is 0.319. The number of anilines is 1. The number of oxazole rings is 1. The molecule has 5 rings (SSSR count). The number of carbonyl (C=O) groups is 4. The Bertz CT molecular complexity index is 1480. The molecular formula is C26H16N2O6. The Morgan fingerprint density at radius 3 is 2.32 bits per heavy atom. The molecule has 4 aromatic rings. The van der Waals surface area contributed by atoms with Crippen molar-refractivity contribution < 1.29 is 28.3 Å². The Hall–Kier alpha value is -4.85. The Labute approximate surface area is 192 Å². The van der Waals surface area contributed by atoms with Crippen molar-refractivity contribution in [3.05, 3.63) is 101 Å². The predicted molar refractivity (Wildman–Crippen MR) is 122 cm³/mol. The number of ketones is 2. The summed E-state index contributed by atoms with van der Waals surface area (Å²) in [7, 11) is 0. The van der Waals surface area contributed by atoms with E-state index in [4.69, 9.17) is 9.15 Å². The van der Waals surface area contributed by atoms with Crippen molar-refractivity contribution in [2.75, 3.05) is 11.9 Å². The molecule has 0 unspecified atom stereocenters. The van der Waals surface area contributed by atoms with Crippen molar-refractivity contribution in [3.8, 4) is 0 Å². The van der Waals surface area contributed by atoms with E-state index in [1.54, 1.807) is 36.4 Å². The second kappa shape index (κ2) is 8.59. The van der Waals surface area contributed by atoms with Crippen LogP contribution in [-0.2, 0) is 14.3 Å². The molecule has 0 atom stereocenters. The molecule has 166 valence electrons. The summed E-state index contributed by atoms with van der Waals surface area (Å²) in [5.41, 5.74) is 2.71. The smallest absolute Gasteiger partial charge is 0.331 e.